The minimum atomic E-state index is -0.377. The number of nitrogens with zero attached hydrogens (tertiary/aromatic N) is 1. The van der Waals surface area contributed by atoms with E-state index in [2.05, 4.69) is 18.0 Å². The second-order valence-electron chi connectivity index (χ2n) is 3.21. The van der Waals surface area contributed by atoms with Crippen LogP contribution >= 0.6 is 0 Å². The summed E-state index contributed by atoms with van der Waals surface area (Å²) in [6, 6.07) is 0. The Hall–Kier alpha value is -1.18. The SMILES string of the molecule is CC1=C2N=C(F)C=C2C=CC1C. The molecule has 1 unspecified atom stereocenters. The highest BCUT2D eigenvalue weighted by atomic mass is 19.1. The van der Waals surface area contributed by atoms with E-state index >= 15 is 0 Å². The van der Waals surface area contributed by atoms with Gasteiger partial charge in [-0.1, -0.05) is 19.1 Å². The number of allylic oxidation sites excluding steroid dienone is 4. The van der Waals surface area contributed by atoms with Crippen molar-refractivity contribution in [3.63, 3.8) is 0 Å². The smallest absolute Gasteiger partial charge is 0.214 e. The molecular weight excluding hydrogens is 153 g/mol. The number of hydrogen-bond acceptors (Lipinski definition) is 1. The van der Waals surface area contributed by atoms with Gasteiger partial charge in [0.1, 0.15) is 0 Å². The molecule has 62 valence electrons. The van der Waals surface area contributed by atoms with E-state index in [1.807, 2.05) is 13.0 Å². The van der Waals surface area contributed by atoms with Gasteiger partial charge in [0.15, 0.2) is 0 Å². The second-order valence-corrected chi connectivity index (χ2v) is 3.21. The Bertz CT molecular complexity index is 345. The number of halogens is 1. The first-order valence-corrected chi connectivity index (χ1v) is 4.03. The molecular formula is C10H10FN. The molecule has 1 aliphatic heterocycles. The molecule has 1 heterocycles. The van der Waals surface area contributed by atoms with Crippen LogP contribution in [0.2, 0.25) is 0 Å². The van der Waals surface area contributed by atoms with E-state index in [-0.39, 0.29) is 5.97 Å². The van der Waals surface area contributed by atoms with Crippen molar-refractivity contribution in [2.24, 2.45) is 10.9 Å². The standard InChI is InChI=1S/C10H10FN/c1-6-3-4-8-5-9(11)12-10(8)7(6)2/h3-6H,1-2H3. The Labute approximate surface area is 71.0 Å². The zero-order valence-electron chi connectivity index (χ0n) is 7.13. The van der Waals surface area contributed by atoms with Crippen molar-refractivity contribution in [3.05, 3.63) is 35.1 Å². The first-order valence-electron chi connectivity index (χ1n) is 4.03. The van der Waals surface area contributed by atoms with Crippen LogP contribution in [0.5, 0.6) is 0 Å². The molecule has 0 saturated heterocycles. The molecule has 1 nitrogen and oxygen atoms in total. The fourth-order valence-electron chi connectivity index (χ4n) is 1.45. The monoisotopic (exact) mass is 163 g/mol. The van der Waals surface area contributed by atoms with Gasteiger partial charge in [0.25, 0.3) is 0 Å². The Morgan fingerprint density at radius 3 is 3.00 bits per heavy atom. The summed E-state index contributed by atoms with van der Waals surface area (Å²) in [5.41, 5.74) is 2.88. The number of rotatable bonds is 0. The van der Waals surface area contributed by atoms with E-state index in [1.54, 1.807) is 0 Å². The summed E-state index contributed by atoms with van der Waals surface area (Å²) in [5, 5.41) is 0. The highest BCUT2D eigenvalue weighted by Gasteiger charge is 2.20. The number of aliphatic imine (C=N–C) groups is 1. The maximum atomic E-state index is 12.7. The summed E-state index contributed by atoms with van der Waals surface area (Å²) >= 11 is 0. The molecule has 2 rings (SSSR count). The third-order valence-corrected chi connectivity index (χ3v) is 2.39. The summed E-state index contributed by atoms with van der Waals surface area (Å²) in [4.78, 5) is 3.83. The topological polar surface area (TPSA) is 12.4 Å². The third-order valence-electron chi connectivity index (χ3n) is 2.39. The van der Waals surface area contributed by atoms with E-state index in [1.165, 1.54) is 6.08 Å². The molecule has 1 aliphatic carbocycles. The van der Waals surface area contributed by atoms with Crippen LogP contribution in [0.4, 0.5) is 4.39 Å². The second kappa shape index (κ2) is 2.41. The first kappa shape index (κ1) is 7.47. The number of fused-ring (bicyclic) bond motifs is 1. The van der Waals surface area contributed by atoms with Crippen molar-refractivity contribution in [3.8, 4) is 0 Å². The van der Waals surface area contributed by atoms with Gasteiger partial charge in [-0.25, -0.2) is 4.99 Å². The van der Waals surface area contributed by atoms with Crippen molar-refractivity contribution in [2.45, 2.75) is 13.8 Å². The highest BCUT2D eigenvalue weighted by molar-refractivity contribution is 5.93. The van der Waals surface area contributed by atoms with Gasteiger partial charge in [-0.2, -0.15) is 4.39 Å². The summed E-state index contributed by atoms with van der Waals surface area (Å²) < 4.78 is 12.7. The Morgan fingerprint density at radius 2 is 2.25 bits per heavy atom. The zero-order chi connectivity index (χ0) is 8.72. The van der Waals surface area contributed by atoms with E-state index in [0.29, 0.717) is 5.92 Å². The van der Waals surface area contributed by atoms with Gasteiger partial charge < -0.3 is 0 Å². The molecule has 0 aromatic rings. The summed E-state index contributed by atoms with van der Waals surface area (Å²) in [7, 11) is 0. The normalized spacial score (nSPS) is 27.1. The molecule has 2 aliphatic rings. The number of hydrogen-bond donors (Lipinski definition) is 0. The van der Waals surface area contributed by atoms with Crippen molar-refractivity contribution in [2.75, 3.05) is 0 Å². The first-order chi connectivity index (χ1) is 5.68. The van der Waals surface area contributed by atoms with Gasteiger partial charge in [0, 0.05) is 11.6 Å². The molecule has 12 heavy (non-hydrogen) atoms. The lowest BCUT2D eigenvalue weighted by Gasteiger charge is -2.15. The lowest BCUT2D eigenvalue weighted by Crippen LogP contribution is -2.00. The van der Waals surface area contributed by atoms with Crippen molar-refractivity contribution >= 4 is 5.97 Å². The fraction of sp³-hybridized carbons (Fsp3) is 0.300. The van der Waals surface area contributed by atoms with E-state index in [0.717, 1.165) is 16.8 Å². The molecule has 2 heteroatoms. The summed E-state index contributed by atoms with van der Waals surface area (Å²) in [6.45, 7) is 4.08. The molecule has 0 saturated carbocycles. The largest absolute Gasteiger partial charge is 0.220 e. The van der Waals surface area contributed by atoms with Crippen molar-refractivity contribution in [1.29, 1.82) is 0 Å². The molecule has 0 aromatic carbocycles. The summed E-state index contributed by atoms with van der Waals surface area (Å²) in [5.74, 6) is 0.00454. The molecule has 1 atom stereocenters. The van der Waals surface area contributed by atoms with Gasteiger partial charge in [-0.15, -0.1) is 0 Å². The highest BCUT2D eigenvalue weighted by Crippen LogP contribution is 2.32. The third kappa shape index (κ3) is 0.951. The van der Waals surface area contributed by atoms with E-state index in [9.17, 15) is 4.39 Å². The van der Waals surface area contributed by atoms with Gasteiger partial charge in [-0.05, 0) is 18.4 Å². The van der Waals surface area contributed by atoms with Gasteiger partial charge in [-0.3, -0.25) is 0 Å². The van der Waals surface area contributed by atoms with Crippen molar-refractivity contribution < 1.29 is 4.39 Å². The lowest BCUT2D eigenvalue weighted by atomic mass is 9.92. The van der Waals surface area contributed by atoms with Crippen LogP contribution < -0.4 is 0 Å². The van der Waals surface area contributed by atoms with Crippen LogP contribution in [0.1, 0.15) is 13.8 Å². The van der Waals surface area contributed by atoms with Gasteiger partial charge in [0.2, 0.25) is 5.97 Å². The molecule has 0 bridgehead atoms. The zero-order valence-corrected chi connectivity index (χ0v) is 7.13. The van der Waals surface area contributed by atoms with Crippen LogP contribution in [0.3, 0.4) is 0 Å². The van der Waals surface area contributed by atoms with Crippen LogP contribution in [0.25, 0.3) is 0 Å². The van der Waals surface area contributed by atoms with E-state index < -0.39 is 0 Å². The molecule has 0 amide bonds. The predicted molar refractivity (Wildman–Crippen MR) is 47.6 cm³/mol. The van der Waals surface area contributed by atoms with E-state index in [4.69, 9.17) is 0 Å². The molecule has 0 aromatic heterocycles. The maximum Gasteiger partial charge on any atom is 0.214 e. The quantitative estimate of drug-likeness (QED) is 0.520. The average Bonchev–Trinajstić information content (AvgIpc) is 2.39. The maximum absolute atomic E-state index is 12.7. The van der Waals surface area contributed by atoms with Gasteiger partial charge >= 0.3 is 0 Å². The molecule has 0 N–H and O–H groups in total. The molecule has 0 fully saturated rings. The van der Waals surface area contributed by atoms with Crippen molar-refractivity contribution in [1.82, 2.24) is 0 Å². The Morgan fingerprint density at radius 1 is 1.50 bits per heavy atom. The minimum Gasteiger partial charge on any atom is -0.220 e. The molecule has 0 spiro atoms. The van der Waals surface area contributed by atoms with Crippen LogP contribution in [-0.2, 0) is 0 Å². The Kier molecular flexibility index (Phi) is 1.50. The van der Waals surface area contributed by atoms with Gasteiger partial charge in [0.05, 0.1) is 5.70 Å². The summed E-state index contributed by atoms with van der Waals surface area (Å²) in [6.07, 6.45) is 5.48. The molecule has 0 radical (unpaired) electrons. The van der Waals surface area contributed by atoms with Crippen LogP contribution in [0, 0.1) is 5.92 Å². The predicted octanol–water partition coefficient (Wildman–Crippen LogP) is 2.77. The Balaban J connectivity index is 2.53. The van der Waals surface area contributed by atoms with Crippen LogP contribution in [0.15, 0.2) is 40.1 Å². The van der Waals surface area contributed by atoms with Crippen LogP contribution in [-0.4, -0.2) is 5.97 Å². The average molecular weight is 163 g/mol. The fourth-order valence-corrected chi connectivity index (χ4v) is 1.45. The lowest BCUT2D eigenvalue weighted by molar-refractivity contribution is 0.808. The minimum absolute atomic E-state index is 0.377.